The van der Waals surface area contributed by atoms with Crippen molar-refractivity contribution in [3.63, 3.8) is 0 Å². The van der Waals surface area contributed by atoms with E-state index in [2.05, 4.69) is 55.9 Å². The van der Waals surface area contributed by atoms with Gasteiger partial charge in [-0.05, 0) is 43.8 Å². The van der Waals surface area contributed by atoms with Gasteiger partial charge in [0.25, 0.3) is 0 Å². The molecule has 1 heterocycles. The van der Waals surface area contributed by atoms with Gasteiger partial charge in [0.1, 0.15) is 0 Å². The minimum Gasteiger partial charge on any atom is -0.311 e. The molecule has 2 unspecified atom stereocenters. The molecule has 2 aliphatic rings. The van der Waals surface area contributed by atoms with Crippen molar-refractivity contribution in [2.45, 2.75) is 70.2 Å². The fraction of sp³-hybridized carbons (Fsp3) is 1.00. The van der Waals surface area contributed by atoms with E-state index in [4.69, 9.17) is 0 Å². The van der Waals surface area contributed by atoms with Crippen molar-refractivity contribution in [1.29, 1.82) is 0 Å². The van der Waals surface area contributed by atoms with Crippen molar-refractivity contribution >= 4 is 11.8 Å². The molecule has 1 aliphatic heterocycles. The van der Waals surface area contributed by atoms with Crippen molar-refractivity contribution in [3.05, 3.63) is 0 Å². The summed E-state index contributed by atoms with van der Waals surface area (Å²) in [6.45, 7) is 13.2. The zero-order valence-electron chi connectivity index (χ0n) is 14.1. The van der Waals surface area contributed by atoms with E-state index in [-0.39, 0.29) is 0 Å². The van der Waals surface area contributed by atoms with Crippen molar-refractivity contribution in [3.8, 4) is 0 Å². The Hall–Kier alpha value is 0.270. The molecule has 0 aromatic rings. The van der Waals surface area contributed by atoms with E-state index in [0.29, 0.717) is 4.75 Å². The summed E-state index contributed by atoms with van der Waals surface area (Å²) in [4.78, 5) is 2.83. The van der Waals surface area contributed by atoms with Crippen LogP contribution >= 0.6 is 11.8 Å². The van der Waals surface area contributed by atoms with Crippen molar-refractivity contribution in [2.24, 2.45) is 11.8 Å². The highest BCUT2D eigenvalue weighted by molar-refractivity contribution is 8.00. The molecule has 20 heavy (non-hydrogen) atoms. The highest BCUT2D eigenvalue weighted by Gasteiger charge is 2.40. The lowest BCUT2D eigenvalue weighted by Gasteiger charge is -2.46. The van der Waals surface area contributed by atoms with Crippen molar-refractivity contribution in [2.75, 3.05) is 25.9 Å². The van der Waals surface area contributed by atoms with Crippen LogP contribution in [-0.2, 0) is 0 Å². The number of thioether (sulfide) groups is 1. The number of hydrogen-bond acceptors (Lipinski definition) is 3. The van der Waals surface area contributed by atoms with E-state index in [0.717, 1.165) is 23.9 Å². The molecule has 0 amide bonds. The topological polar surface area (TPSA) is 15.3 Å². The third-order valence-electron chi connectivity index (χ3n) is 5.66. The molecule has 0 bridgehead atoms. The Kier molecular flexibility index (Phi) is 5.84. The quantitative estimate of drug-likeness (QED) is 0.773. The summed E-state index contributed by atoms with van der Waals surface area (Å²) >= 11 is 2.09. The summed E-state index contributed by atoms with van der Waals surface area (Å²) in [5, 5.41) is 3.83. The second-order valence-electron chi connectivity index (χ2n) is 7.19. The number of rotatable bonds is 7. The second kappa shape index (κ2) is 7.02. The van der Waals surface area contributed by atoms with Crippen LogP contribution in [0.5, 0.6) is 0 Å². The van der Waals surface area contributed by atoms with Gasteiger partial charge in [-0.15, -0.1) is 0 Å². The van der Waals surface area contributed by atoms with Crippen LogP contribution in [0.15, 0.2) is 0 Å². The molecule has 1 aliphatic carbocycles. The van der Waals surface area contributed by atoms with Crippen LogP contribution in [0.4, 0.5) is 0 Å². The third kappa shape index (κ3) is 3.72. The first-order valence-electron chi connectivity index (χ1n) is 8.57. The first kappa shape index (κ1) is 16.6. The van der Waals surface area contributed by atoms with Gasteiger partial charge in [-0.3, -0.25) is 4.90 Å². The van der Waals surface area contributed by atoms with Crippen LogP contribution in [0.25, 0.3) is 0 Å². The summed E-state index contributed by atoms with van der Waals surface area (Å²) in [7, 11) is 0. The standard InChI is InChI=1S/C17H34N2S/c1-6-17(7-2,20-5)12-19-11-15(14-8-9-14)18-10-16(19)13(3)4/h13-16,18H,6-12H2,1-5H3. The van der Waals surface area contributed by atoms with Gasteiger partial charge in [-0.2, -0.15) is 11.8 Å². The van der Waals surface area contributed by atoms with E-state index in [1.807, 2.05) is 0 Å². The number of piperazine rings is 1. The van der Waals surface area contributed by atoms with Crippen LogP contribution in [0.2, 0.25) is 0 Å². The maximum Gasteiger partial charge on any atom is 0.0279 e. The normalized spacial score (nSPS) is 29.1. The molecule has 2 fully saturated rings. The largest absolute Gasteiger partial charge is 0.311 e. The Bertz CT molecular complexity index is 289. The minimum atomic E-state index is 0.457. The predicted octanol–water partition coefficient (Wildman–Crippen LogP) is 3.62. The first-order chi connectivity index (χ1) is 9.55. The highest BCUT2D eigenvalue weighted by Crippen LogP contribution is 2.37. The lowest BCUT2D eigenvalue weighted by Crippen LogP contribution is -2.61. The SMILES string of the molecule is CCC(CC)(CN1CC(C2CC2)NCC1C(C)C)SC. The van der Waals surface area contributed by atoms with Crippen LogP contribution < -0.4 is 5.32 Å². The monoisotopic (exact) mass is 298 g/mol. The van der Waals surface area contributed by atoms with Gasteiger partial charge in [0.15, 0.2) is 0 Å². The molecule has 0 aromatic heterocycles. The lowest BCUT2D eigenvalue weighted by molar-refractivity contribution is 0.0806. The lowest BCUT2D eigenvalue weighted by atomic mass is 9.93. The van der Waals surface area contributed by atoms with E-state index < -0.39 is 0 Å². The van der Waals surface area contributed by atoms with Gasteiger partial charge >= 0.3 is 0 Å². The van der Waals surface area contributed by atoms with Crippen molar-refractivity contribution < 1.29 is 0 Å². The van der Waals surface area contributed by atoms with Gasteiger partial charge in [0.05, 0.1) is 0 Å². The molecule has 1 saturated heterocycles. The second-order valence-corrected chi connectivity index (χ2v) is 8.46. The summed E-state index contributed by atoms with van der Waals surface area (Å²) in [5.41, 5.74) is 0. The maximum atomic E-state index is 3.83. The van der Waals surface area contributed by atoms with E-state index >= 15 is 0 Å². The van der Waals surface area contributed by atoms with E-state index in [1.54, 1.807) is 0 Å². The Labute approximate surface area is 130 Å². The molecule has 2 rings (SSSR count). The fourth-order valence-electron chi connectivity index (χ4n) is 3.70. The highest BCUT2D eigenvalue weighted by atomic mass is 32.2. The molecule has 1 saturated carbocycles. The van der Waals surface area contributed by atoms with Gasteiger partial charge < -0.3 is 5.32 Å². The molecule has 0 radical (unpaired) electrons. The van der Waals surface area contributed by atoms with Crippen LogP contribution in [0, 0.1) is 11.8 Å². The first-order valence-corrected chi connectivity index (χ1v) is 9.80. The Morgan fingerprint density at radius 3 is 2.35 bits per heavy atom. The molecular weight excluding hydrogens is 264 g/mol. The molecule has 3 heteroatoms. The molecular formula is C17H34N2S. The number of nitrogens with one attached hydrogen (secondary N) is 1. The van der Waals surface area contributed by atoms with Crippen LogP contribution in [-0.4, -0.2) is 47.6 Å². The van der Waals surface area contributed by atoms with Gasteiger partial charge in [0, 0.05) is 36.5 Å². The van der Waals surface area contributed by atoms with Crippen molar-refractivity contribution in [1.82, 2.24) is 10.2 Å². The van der Waals surface area contributed by atoms with E-state index in [9.17, 15) is 0 Å². The van der Waals surface area contributed by atoms with Crippen LogP contribution in [0.1, 0.15) is 53.4 Å². The Morgan fingerprint density at radius 2 is 1.90 bits per heavy atom. The average Bonchev–Trinajstić information content (AvgIpc) is 3.29. The van der Waals surface area contributed by atoms with Gasteiger partial charge in [0.2, 0.25) is 0 Å². The third-order valence-corrected chi connectivity index (χ3v) is 7.24. The molecule has 0 spiro atoms. The molecule has 0 aromatic carbocycles. The zero-order chi connectivity index (χ0) is 14.8. The molecule has 2 nitrogen and oxygen atoms in total. The summed E-state index contributed by atoms with van der Waals surface area (Å²) < 4.78 is 0.457. The number of nitrogens with zero attached hydrogens (tertiary/aromatic N) is 1. The van der Waals surface area contributed by atoms with Crippen LogP contribution in [0.3, 0.4) is 0 Å². The fourth-order valence-corrected chi connectivity index (χ4v) is 4.58. The summed E-state index contributed by atoms with van der Waals surface area (Å²) in [6.07, 6.45) is 7.78. The Balaban J connectivity index is 2.05. The Morgan fingerprint density at radius 1 is 1.25 bits per heavy atom. The minimum absolute atomic E-state index is 0.457. The maximum absolute atomic E-state index is 3.83. The van der Waals surface area contributed by atoms with Gasteiger partial charge in [-0.1, -0.05) is 27.7 Å². The van der Waals surface area contributed by atoms with E-state index in [1.165, 1.54) is 45.3 Å². The average molecular weight is 299 g/mol. The molecule has 2 atom stereocenters. The summed E-state index contributed by atoms with van der Waals surface area (Å²) in [6, 6.07) is 1.48. The number of hydrogen-bond donors (Lipinski definition) is 1. The van der Waals surface area contributed by atoms with Gasteiger partial charge in [-0.25, -0.2) is 0 Å². The molecule has 1 N–H and O–H groups in total. The summed E-state index contributed by atoms with van der Waals surface area (Å²) in [5.74, 6) is 1.72. The predicted molar refractivity (Wildman–Crippen MR) is 91.5 cm³/mol. The molecule has 118 valence electrons. The smallest absolute Gasteiger partial charge is 0.0279 e. The zero-order valence-corrected chi connectivity index (χ0v) is 14.9.